The van der Waals surface area contributed by atoms with Crippen LogP contribution in [0.25, 0.3) is 11.1 Å². The maximum atomic E-state index is 11.7. The monoisotopic (exact) mass is 276 g/mol. The Labute approximate surface area is 116 Å². The Morgan fingerprint density at radius 2 is 2.11 bits per heavy atom. The Bertz CT molecular complexity index is 614. The molecular weight excluding hydrogens is 264 g/mol. The summed E-state index contributed by atoms with van der Waals surface area (Å²) in [5.41, 5.74) is 2.79. The van der Waals surface area contributed by atoms with Crippen LogP contribution >= 0.6 is 11.6 Å². The molecule has 98 valence electrons. The average Bonchev–Trinajstić information content (AvgIpc) is 2.38. The van der Waals surface area contributed by atoms with Gasteiger partial charge in [0.25, 0.3) is 0 Å². The molecule has 2 heterocycles. The van der Waals surface area contributed by atoms with E-state index in [1.165, 1.54) is 0 Å². The number of carbonyl (C=O) groups is 1. The average molecular weight is 277 g/mol. The van der Waals surface area contributed by atoms with E-state index >= 15 is 0 Å². The van der Waals surface area contributed by atoms with Crippen LogP contribution in [-0.4, -0.2) is 22.5 Å². The van der Waals surface area contributed by atoms with Crippen molar-refractivity contribution in [2.45, 2.75) is 13.8 Å². The van der Waals surface area contributed by atoms with Gasteiger partial charge in [-0.1, -0.05) is 11.6 Å². The normalized spacial score (nSPS) is 10.3. The van der Waals surface area contributed by atoms with E-state index < -0.39 is 5.97 Å². The van der Waals surface area contributed by atoms with Crippen LogP contribution in [0.15, 0.2) is 30.5 Å². The fraction of sp³-hybridized carbons (Fsp3) is 0.214. The first-order chi connectivity index (χ1) is 9.10. The van der Waals surface area contributed by atoms with Crippen LogP contribution in [0.5, 0.6) is 0 Å². The van der Waals surface area contributed by atoms with Gasteiger partial charge >= 0.3 is 5.97 Å². The zero-order valence-corrected chi connectivity index (χ0v) is 11.4. The molecule has 0 saturated heterocycles. The summed E-state index contributed by atoms with van der Waals surface area (Å²) in [5.74, 6) is -0.424. The summed E-state index contributed by atoms with van der Waals surface area (Å²) in [5, 5.41) is 0.407. The molecule has 0 saturated carbocycles. The van der Waals surface area contributed by atoms with Crippen LogP contribution in [-0.2, 0) is 4.74 Å². The third-order valence-electron chi connectivity index (χ3n) is 2.50. The fourth-order valence-corrected chi connectivity index (χ4v) is 1.90. The van der Waals surface area contributed by atoms with Gasteiger partial charge in [-0.3, -0.25) is 0 Å². The van der Waals surface area contributed by atoms with Gasteiger partial charge in [0.1, 0.15) is 10.8 Å². The summed E-state index contributed by atoms with van der Waals surface area (Å²) >= 11 is 5.87. The number of hydrogen-bond acceptors (Lipinski definition) is 4. The molecule has 5 heteroatoms. The van der Waals surface area contributed by atoms with Crippen molar-refractivity contribution >= 4 is 17.6 Å². The fourth-order valence-electron chi connectivity index (χ4n) is 1.73. The molecule has 0 aliphatic carbocycles. The number of rotatable bonds is 3. The molecule has 0 aromatic carbocycles. The Morgan fingerprint density at radius 1 is 1.32 bits per heavy atom. The number of hydrogen-bond donors (Lipinski definition) is 0. The SMILES string of the molecule is CCOC(=O)c1cc(-c2ccnc(Cl)c2)cc(C)n1. The maximum absolute atomic E-state index is 11.7. The maximum Gasteiger partial charge on any atom is 0.356 e. The summed E-state index contributed by atoms with van der Waals surface area (Å²) < 4.78 is 4.96. The van der Waals surface area contributed by atoms with Crippen molar-refractivity contribution in [3.63, 3.8) is 0 Å². The summed E-state index contributed by atoms with van der Waals surface area (Å²) in [4.78, 5) is 19.8. The van der Waals surface area contributed by atoms with Gasteiger partial charge in [0.05, 0.1) is 6.61 Å². The lowest BCUT2D eigenvalue weighted by Gasteiger charge is -2.07. The van der Waals surface area contributed by atoms with Crippen molar-refractivity contribution in [2.24, 2.45) is 0 Å². The van der Waals surface area contributed by atoms with Crippen LogP contribution in [0.2, 0.25) is 5.15 Å². The topological polar surface area (TPSA) is 52.1 Å². The molecule has 0 N–H and O–H groups in total. The predicted molar refractivity (Wildman–Crippen MR) is 73.2 cm³/mol. The van der Waals surface area contributed by atoms with Crippen molar-refractivity contribution < 1.29 is 9.53 Å². The molecule has 0 bridgehead atoms. The number of pyridine rings is 2. The lowest BCUT2D eigenvalue weighted by molar-refractivity contribution is 0.0519. The first-order valence-corrected chi connectivity index (χ1v) is 6.25. The highest BCUT2D eigenvalue weighted by Crippen LogP contribution is 2.22. The molecule has 0 aliphatic rings. The van der Waals surface area contributed by atoms with Gasteiger partial charge in [-0.05, 0) is 49.2 Å². The van der Waals surface area contributed by atoms with Gasteiger partial charge in [-0.2, -0.15) is 0 Å². The third-order valence-corrected chi connectivity index (χ3v) is 2.70. The number of ether oxygens (including phenoxy) is 1. The van der Waals surface area contributed by atoms with E-state index in [9.17, 15) is 4.79 Å². The standard InChI is InChI=1S/C14H13ClN2O2/c1-3-19-14(18)12-7-11(6-9(2)17-12)10-4-5-16-13(15)8-10/h4-8H,3H2,1-2H3. The second-order valence-electron chi connectivity index (χ2n) is 3.97. The molecule has 0 atom stereocenters. The van der Waals surface area contributed by atoms with E-state index in [-0.39, 0.29) is 0 Å². The molecule has 2 aromatic rings. The number of aryl methyl sites for hydroxylation is 1. The summed E-state index contributed by atoms with van der Waals surface area (Å²) in [6, 6.07) is 7.14. The van der Waals surface area contributed by atoms with Gasteiger partial charge in [0.2, 0.25) is 0 Å². The molecule has 0 unspecified atom stereocenters. The number of esters is 1. The minimum Gasteiger partial charge on any atom is -0.461 e. The summed E-state index contributed by atoms with van der Waals surface area (Å²) in [6.07, 6.45) is 1.62. The summed E-state index contributed by atoms with van der Waals surface area (Å²) in [6.45, 7) is 3.91. The van der Waals surface area contributed by atoms with Crippen LogP contribution in [0.1, 0.15) is 23.1 Å². The Hall–Kier alpha value is -1.94. The molecular formula is C14H13ClN2O2. The van der Waals surface area contributed by atoms with E-state index in [1.807, 2.05) is 19.1 Å². The number of carbonyl (C=O) groups excluding carboxylic acids is 1. The van der Waals surface area contributed by atoms with Crippen molar-refractivity contribution in [1.29, 1.82) is 0 Å². The zero-order chi connectivity index (χ0) is 13.8. The lowest BCUT2D eigenvalue weighted by atomic mass is 10.1. The van der Waals surface area contributed by atoms with Crippen LogP contribution < -0.4 is 0 Å². The van der Waals surface area contributed by atoms with Gasteiger partial charge in [-0.15, -0.1) is 0 Å². The molecule has 0 fully saturated rings. The van der Waals surface area contributed by atoms with Crippen molar-refractivity contribution in [2.75, 3.05) is 6.61 Å². The van der Waals surface area contributed by atoms with Gasteiger partial charge in [0, 0.05) is 11.9 Å². The van der Waals surface area contributed by atoms with E-state index in [2.05, 4.69) is 9.97 Å². The first-order valence-electron chi connectivity index (χ1n) is 5.88. The Kier molecular flexibility index (Phi) is 4.12. The second-order valence-corrected chi connectivity index (χ2v) is 4.36. The Morgan fingerprint density at radius 3 is 2.79 bits per heavy atom. The van der Waals surface area contributed by atoms with E-state index in [4.69, 9.17) is 16.3 Å². The zero-order valence-electron chi connectivity index (χ0n) is 10.7. The molecule has 19 heavy (non-hydrogen) atoms. The van der Waals surface area contributed by atoms with Crippen molar-refractivity contribution in [3.8, 4) is 11.1 Å². The minimum atomic E-state index is -0.424. The van der Waals surface area contributed by atoms with E-state index in [0.717, 1.165) is 16.8 Å². The highest BCUT2D eigenvalue weighted by Gasteiger charge is 2.11. The predicted octanol–water partition coefficient (Wildman–Crippen LogP) is 3.28. The highest BCUT2D eigenvalue weighted by molar-refractivity contribution is 6.29. The van der Waals surface area contributed by atoms with Gasteiger partial charge < -0.3 is 4.74 Å². The second kappa shape index (κ2) is 5.80. The minimum absolute atomic E-state index is 0.296. The van der Waals surface area contributed by atoms with Crippen molar-refractivity contribution in [3.05, 3.63) is 47.0 Å². The van der Waals surface area contributed by atoms with Crippen LogP contribution in [0, 0.1) is 6.92 Å². The molecule has 4 nitrogen and oxygen atoms in total. The van der Waals surface area contributed by atoms with Crippen LogP contribution in [0.3, 0.4) is 0 Å². The molecule has 0 amide bonds. The summed E-state index contributed by atoms with van der Waals surface area (Å²) in [7, 11) is 0. The lowest BCUT2D eigenvalue weighted by Crippen LogP contribution is -2.08. The number of nitrogens with zero attached hydrogens (tertiary/aromatic N) is 2. The molecule has 0 aliphatic heterocycles. The number of aromatic nitrogens is 2. The quantitative estimate of drug-likeness (QED) is 0.638. The largest absolute Gasteiger partial charge is 0.461 e. The molecule has 0 spiro atoms. The third kappa shape index (κ3) is 3.29. The van der Waals surface area contributed by atoms with E-state index in [0.29, 0.717) is 17.5 Å². The smallest absolute Gasteiger partial charge is 0.356 e. The molecule has 0 radical (unpaired) electrons. The highest BCUT2D eigenvalue weighted by atomic mass is 35.5. The number of halogens is 1. The van der Waals surface area contributed by atoms with Crippen LogP contribution in [0.4, 0.5) is 0 Å². The Balaban J connectivity index is 2.44. The first kappa shape index (κ1) is 13.5. The van der Waals surface area contributed by atoms with Gasteiger partial charge in [-0.25, -0.2) is 14.8 Å². The van der Waals surface area contributed by atoms with Crippen molar-refractivity contribution in [1.82, 2.24) is 9.97 Å². The van der Waals surface area contributed by atoms with Gasteiger partial charge in [0.15, 0.2) is 0 Å². The van der Waals surface area contributed by atoms with E-state index in [1.54, 1.807) is 25.3 Å². The molecule has 2 aromatic heterocycles. The molecule has 2 rings (SSSR count).